The quantitative estimate of drug-likeness (QED) is 0.453. The normalized spacial score (nSPS) is 12.5. The number of halogens is 2. The summed E-state index contributed by atoms with van der Waals surface area (Å²) in [6.45, 7) is 0. The number of H-pyrrole nitrogens is 1. The molecule has 0 saturated heterocycles. The van der Waals surface area contributed by atoms with Crippen LogP contribution < -0.4 is 0 Å². The number of hydrogen-bond acceptors (Lipinski definition) is 4. The number of Topliss-reactive ketones (excluding diaryl/α,β-unsaturated/α-hetero) is 1. The summed E-state index contributed by atoms with van der Waals surface area (Å²) in [7, 11) is 1.52. The lowest BCUT2D eigenvalue weighted by atomic mass is 10.0. The van der Waals surface area contributed by atoms with Crippen molar-refractivity contribution >= 4 is 56.0 Å². The summed E-state index contributed by atoms with van der Waals surface area (Å²) in [5.41, 5.74) is 2.11. The van der Waals surface area contributed by atoms with Crippen LogP contribution in [0.15, 0.2) is 41.0 Å². The van der Waals surface area contributed by atoms with Crippen molar-refractivity contribution in [3.05, 3.63) is 51.7 Å². The van der Waals surface area contributed by atoms with Crippen LogP contribution in [0.5, 0.6) is 0 Å². The van der Waals surface area contributed by atoms with E-state index in [1.54, 1.807) is 12.3 Å². The molecule has 24 heavy (non-hydrogen) atoms. The van der Waals surface area contributed by atoms with Gasteiger partial charge in [0.2, 0.25) is 5.78 Å². The molecular formula is C17H14BrClN2O2S. The first-order chi connectivity index (χ1) is 11.6. The number of carbonyl (C=O) groups excluding carboxylic acids is 1. The number of pyridine rings is 1. The van der Waals surface area contributed by atoms with Gasteiger partial charge < -0.3 is 9.72 Å². The number of carbonyl (C=O) groups is 1. The number of nitrogens with one attached hydrogen (secondary N) is 1. The van der Waals surface area contributed by atoms with Crippen LogP contribution >= 0.6 is 39.3 Å². The van der Waals surface area contributed by atoms with Gasteiger partial charge in [-0.1, -0.05) is 17.7 Å². The molecule has 1 unspecified atom stereocenters. The average Bonchev–Trinajstić information content (AvgIpc) is 3.00. The van der Waals surface area contributed by atoms with Gasteiger partial charge in [0.25, 0.3) is 0 Å². The molecule has 0 bridgehead atoms. The predicted octanol–water partition coefficient (Wildman–Crippen LogP) is 5.16. The van der Waals surface area contributed by atoms with Crippen LogP contribution in [-0.4, -0.2) is 34.6 Å². The maximum Gasteiger partial charge on any atom is 0.218 e. The Bertz CT molecular complexity index is 894. The zero-order valence-corrected chi connectivity index (χ0v) is 16.1. The highest BCUT2D eigenvalue weighted by Gasteiger charge is 2.27. The molecule has 3 aromatic rings. The third kappa shape index (κ3) is 2.99. The van der Waals surface area contributed by atoms with Crippen LogP contribution in [0.1, 0.15) is 10.5 Å². The Morgan fingerprint density at radius 1 is 1.38 bits per heavy atom. The van der Waals surface area contributed by atoms with Crippen LogP contribution in [0.4, 0.5) is 0 Å². The fourth-order valence-electron chi connectivity index (χ4n) is 2.60. The Hall–Kier alpha value is -1.34. The molecule has 2 heterocycles. The van der Waals surface area contributed by atoms with Crippen molar-refractivity contribution in [3.8, 4) is 11.3 Å². The summed E-state index contributed by atoms with van der Waals surface area (Å²) in [4.78, 5) is 20.5. The van der Waals surface area contributed by atoms with Crippen LogP contribution in [0.2, 0.25) is 5.02 Å². The standard InChI is InChI=1S/C17H14BrClN2O2S/c1-23-17(24-2)16(22)15-13(10-5-3-4-8-20-10)12-11(21-15)7-6-9(19)14(12)18/h3-8,17,21H,1-2H3. The lowest BCUT2D eigenvalue weighted by Crippen LogP contribution is -2.20. The van der Waals surface area contributed by atoms with Crippen LogP contribution in [0.3, 0.4) is 0 Å². The monoisotopic (exact) mass is 424 g/mol. The van der Waals surface area contributed by atoms with E-state index < -0.39 is 5.44 Å². The minimum atomic E-state index is -0.588. The minimum Gasteiger partial charge on any atom is -0.362 e. The van der Waals surface area contributed by atoms with Gasteiger partial charge >= 0.3 is 0 Å². The molecule has 0 radical (unpaired) electrons. The Morgan fingerprint density at radius 3 is 2.79 bits per heavy atom. The molecule has 1 atom stereocenters. The van der Waals surface area contributed by atoms with Gasteiger partial charge in [-0.25, -0.2) is 0 Å². The van der Waals surface area contributed by atoms with E-state index in [0.29, 0.717) is 16.4 Å². The van der Waals surface area contributed by atoms with Crippen LogP contribution in [0.25, 0.3) is 22.2 Å². The molecule has 2 aromatic heterocycles. The number of ether oxygens (including phenoxy) is 1. The molecular weight excluding hydrogens is 412 g/mol. The van der Waals surface area contributed by atoms with Crippen molar-refractivity contribution in [2.24, 2.45) is 0 Å². The molecule has 0 spiro atoms. The highest BCUT2D eigenvalue weighted by molar-refractivity contribution is 9.10. The number of nitrogens with zero attached hydrogens (tertiary/aromatic N) is 1. The number of aromatic nitrogens is 2. The first kappa shape index (κ1) is 17.5. The lowest BCUT2D eigenvalue weighted by molar-refractivity contribution is 0.0791. The van der Waals surface area contributed by atoms with E-state index in [9.17, 15) is 4.79 Å². The highest BCUT2D eigenvalue weighted by atomic mass is 79.9. The second-order valence-electron chi connectivity index (χ2n) is 5.04. The van der Waals surface area contributed by atoms with E-state index in [1.165, 1.54) is 18.9 Å². The minimum absolute atomic E-state index is 0.134. The molecule has 1 aromatic carbocycles. The van der Waals surface area contributed by atoms with Crippen molar-refractivity contribution in [2.45, 2.75) is 5.44 Å². The highest BCUT2D eigenvalue weighted by Crippen LogP contribution is 2.40. The third-order valence-corrected chi connectivity index (χ3v) is 5.87. The van der Waals surface area contributed by atoms with Crippen LogP contribution in [0, 0.1) is 0 Å². The summed E-state index contributed by atoms with van der Waals surface area (Å²) >= 11 is 11.1. The van der Waals surface area contributed by atoms with E-state index in [2.05, 4.69) is 25.9 Å². The van der Waals surface area contributed by atoms with Gasteiger partial charge in [0.1, 0.15) is 0 Å². The van der Waals surface area contributed by atoms with Crippen molar-refractivity contribution in [3.63, 3.8) is 0 Å². The van der Waals surface area contributed by atoms with Crippen molar-refractivity contribution in [1.82, 2.24) is 9.97 Å². The van der Waals surface area contributed by atoms with Gasteiger partial charge in [-0.3, -0.25) is 9.78 Å². The number of benzene rings is 1. The van der Waals surface area contributed by atoms with Gasteiger partial charge in [0.05, 0.1) is 16.4 Å². The molecule has 7 heteroatoms. The van der Waals surface area contributed by atoms with Gasteiger partial charge in [0, 0.05) is 34.2 Å². The Morgan fingerprint density at radius 2 is 2.17 bits per heavy atom. The zero-order valence-electron chi connectivity index (χ0n) is 13.0. The summed E-state index contributed by atoms with van der Waals surface area (Å²) in [5, 5.41) is 1.41. The molecule has 0 aliphatic heterocycles. The second kappa shape index (κ2) is 7.27. The number of fused-ring (bicyclic) bond motifs is 1. The van der Waals surface area contributed by atoms with Crippen molar-refractivity contribution < 1.29 is 9.53 Å². The van der Waals surface area contributed by atoms with E-state index >= 15 is 0 Å². The Kier molecular flexibility index (Phi) is 5.30. The molecule has 1 N–H and O–H groups in total. The first-order valence-corrected chi connectivity index (χ1v) is 9.55. The summed E-state index contributed by atoms with van der Waals surface area (Å²) in [6.07, 6.45) is 3.53. The number of ketones is 1. The third-order valence-electron chi connectivity index (χ3n) is 3.66. The molecule has 124 valence electrons. The maximum atomic E-state index is 12.9. The Labute approximate surface area is 157 Å². The average molecular weight is 426 g/mol. The van der Waals surface area contributed by atoms with Crippen molar-refractivity contribution in [1.29, 1.82) is 0 Å². The van der Waals surface area contributed by atoms with Gasteiger partial charge in [-0.15, -0.1) is 11.8 Å². The smallest absolute Gasteiger partial charge is 0.218 e. The number of rotatable bonds is 5. The fourth-order valence-corrected chi connectivity index (χ4v) is 3.83. The van der Waals surface area contributed by atoms with Crippen molar-refractivity contribution in [2.75, 3.05) is 13.4 Å². The fraction of sp³-hybridized carbons (Fsp3) is 0.176. The lowest BCUT2D eigenvalue weighted by Gasteiger charge is -2.11. The molecule has 0 amide bonds. The first-order valence-electron chi connectivity index (χ1n) is 7.09. The maximum absolute atomic E-state index is 12.9. The number of thioether (sulfide) groups is 1. The van der Waals surface area contributed by atoms with E-state index in [-0.39, 0.29) is 5.78 Å². The summed E-state index contributed by atoms with van der Waals surface area (Å²) < 4.78 is 6.02. The summed E-state index contributed by atoms with van der Waals surface area (Å²) in [6, 6.07) is 9.22. The molecule has 0 aliphatic rings. The van der Waals surface area contributed by atoms with Gasteiger partial charge in [0.15, 0.2) is 5.44 Å². The van der Waals surface area contributed by atoms with E-state index in [0.717, 1.165) is 20.9 Å². The SMILES string of the molecule is COC(SC)C(=O)c1[nH]c2ccc(Cl)c(Br)c2c1-c1ccccn1. The number of hydrogen-bond donors (Lipinski definition) is 1. The molecule has 3 rings (SSSR count). The topological polar surface area (TPSA) is 55.0 Å². The number of aromatic amines is 1. The largest absolute Gasteiger partial charge is 0.362 e. The number of methoxy groups -OCH3 is 1. The molecule has 0 saturated carbocycles. The predicted molar refractivity (Wildman–Crippen MR) is 103 cm³/mol. The Balaban J connectivity index is 2.34. The zero-order chi connectivity index (χ0) is 17.3. The molecule has 0 aliphatic carbocycles. The van der Waals surface area contributed by atoms with Crippen LogP contribution in [-0.2, 0) is 4.74 Å². The molecule has 4 nitrogen and oxygen atoms in total. The van der Waals surface area contributed by atoms with E-state index in [1.807, 2.05) is 30.5 Å². The van der Waals surface area contributed by atoms with Gasteiger partial charge in [-0.05, 0) is 46.5 Å². The molecule has 0 fully saturated rings. The summed E-state index contributed by atoms with van der Waals surface area (Å²) in [5.74, 6) is -0.134. The van der Waals surface area contributed by atoms with E-state index in [4.69, 9.17) is 16.3 Å². The van der Waals surface area contributed by atoms with Gasteiger partial charge in [-0.2, -0.15) is 0 Å². The second-order valence-corrected chi connectivity index (χ2v) is 7.14.